The normalized spacial score (nSPS) is 16.4. The van der Waals surface area contributed by atoms with Crippen molar-refractivity contribution in [1.82, 2.24) is 9.97 Å². The molecule has 2 heteroatoms. The van der Waals surface area contributed by atoms with Crippen LogP contribution in [0.4, 0.5) is 0 Å². The van der Waals surface area contributed by atoms with Gasteiger partial charge >= 0.3 is 0 Å². The van der Waals surface area contributed by atoms with Crippen LogP contribution in [0.3, 0.4) is 0 Å². The van der Waals surface area contributed by atoms with Gasteiger partial charge in [-0.2, -0.15) is 0 Å². The Morgan fingerprint density at radius 2 is 1.81 bits per heavy atom. The van der Waals surface area contributed by atoms with Crippen LogP contribution in [-0.2, 0) is 6.42 Å². The van der Waals surface area contributed by atoms with Crippen molar-refractivity contribution < 1.29 is 0 Å². The Labute approximate surface area is 94.7 Å². The molecule has 2 aromatic rings. The molecule has 0 fully saturated rings. The third kappa shape index (κ3) is 1.63. The quantitative estimate of drug-likeness (QED) is 0.720. The molecular formula is C14H12N2. The van der Waals surface area contributed by atoms with E-state index in [1.54, 1.807) is 6.33 Å². The maximum atomic E-state index is 4.03. The molecule has 0 aliphatic heterocycles. The van der Waals surface area contributed by atoms with Gasteiger partial charge in [0.05, 0.1) is 0 Å². The summed E-state index contributed by atoms with van der Waals surface area (Å²) in [6.45, 7) is 0. The summed E-state index contributed by atoms with van der Waals surface area (Å²) in [6, 6.07) is 8.60. The van der Waals surface area contributed by atoms with Crippen molar-refractivity contribution in [2.24, 2.45) is 0 Å². The maximum Gasteiger partial charge on any atom is 0.115 e. The second-order valence-electron chi connectivity index (χ2n) is 4.00. The molecule has 16 heavy (non-hydrogen) atoms. The Kier molecular flexibility index (Phi) is 2.26. The van der Waals surface area contributed by atoms with Gasteiger partial charge in [0, 0.05) is 18.0 Å². The third-order valence-electron chi connectivity index (χ3n) is 2.95. The van der Waals surface area contributed by atoms with Gasteiger partial charge in [-0.25, -0.2) is 9.97 Å². The monoisotopic (exact) mass is 208 g/mol. The zero-order chi connectivity index (χ0) is 10.8. The van der Waals surface area contributed by atoms with Crippen LogP contribution in [0.25, 0.3) is 11.6 Å². The predicted molar refractivity (Wildman–Crippen MR) is 64.7 cm³/mol. The smallest absolute Gasteiger partial charge is 0.115 e. The first-order valence-corrected chi connectivity index (χ1v) is 5.47. The number of benzene rings is 1. The van der Waals surface area contributed by atoms with E-state index in [0.29, 0.717) is 0 Å². The van der Waals surface area contributed by atoms with Gasteiger partial charge in [-0.15, -0.1) is 0 Å². The van der Waals surface area contributed by atoms with Crippen LogP contribution in [0.15, 0.2) is 43.0 Å². The highest BCUT2D eigenvalue weighted by atomic mass is 14.8. The van der Waals surface area contributed by atoms with Gasteiger partial charge < -0.3 is 0 Å². The summed E-state index contributed by atoms with van der Waals surface area (Å²) >= 11 is 0. The van der Waals surface area contributed by atoms with Crippen LogP contribution in [0.2, 0.25) is 0 Å². The first kappa shape index (κ1) is 9.28. The molecule has 78 valence electrons. The molecular weight excluding hydrogens is 196 g/mol. The van der Waals surface area contributed by atoms with Crippen LogP contribution >= 0.6 is 0 Å². The number of hydrogen-bond acceptors (Lipinski definition) is 2. The fraction of sp³-hybridized carbons (Fsp3) is 0.143. The minimum atomic E-state index is 1.08. The Hall–Kier alpha value is -1.96. The largest absolute Gasteiger partial charge is 0.244 e. The predicted octanol–water partition coefficient (Wildman–Crippen LogP) is 2.96. The van der Waals surface area contributed by atoms with Crippen LogP contribution < -0.4 is 0 Å². The van der Waals surface area contributed by atoms with E-state index in [-0.39, 0.29) is 0 Å². The van der Waals surface area contributed by atoms with Crippen molar-refractivity contribution in [3.05, 3.63) is 59.7 Å². The molecule has 1 heterocycles. The number of nitrogens with zero attached hydrogens (tertiary/aromatic N) is 2. The highest BCUT2D eigenvalue weighted by molar-refractivity contribution is 5.84. The van der Waals surface area contributed by atoms with Crippen molar-refractivity contribution in [2.45, 2.75) is 12.8 Å². The van der Waals surface area contributed by atoms with Crippen molar-refractivity contribution in [2.75, 3.05) is 0 Å². The van der Waals surface area contributed by atoms with Gasteiger partial charge in [0.25, 0.3) is 0 Å². The third-order valence-corrected chi connectivity index (χ3v) is 2.95. The molecule has 2 nitrogen and oxygen atoms in total. The first-order valence-electron chi connectivity index (χ1n) is 5.47. The van der Waals surface area contributed by atoms with Crippen molar-refractivity contribution >= 4 is 11.6 Å². The van der Waals surface area contributed by atoms with Crippen molar-refractivity contribution in [3.8, 4) is 0 Å². The lowest BCUT2D eigenvalue weighted by atomic mass is 10.1. The Morgan fingerprint density at radius 1 is 1.00 bits per heavy atom. The number of rotatable bonds is 1. The lowest BCUT2D eigenvalue weighted by molar-refractivity contribution is 1.08. The first-order chi connectivity index (χ1) is 7.93. The number of allylic oxidation sites excluding steroid dienone is 1. The van der Waals surface area contributed by atoms with Gasteiger partial charge in [0.1, 0.15) is 6.33 Å². The fourth-order valence-electron chi connectivity index (χ4n) is 2.19. The molecule has 0 atom stereocenters. The molecule has 1 aliphatic rings. The van der Waals surface area contributed by atoms with Crippen LogP contribution in [0, 0.1) is 0 Å². The van der Waals surface area contributed by atoms with E-state index in [1.165, 1.54) is 16.7 Å². The van der Waals surface area contributed by atoms with Gasteiger partial charge in [-0.3, -0.25) is 0 Å². The SMILES string of the molecule is C(=C1\CCc2ccccc21)/c1cncnc1. The highest BCUT2D eigenvalue weighted by Crippen LogP contribution is 2.32. The molecule has 0 saturated carbocycles. The summed E-state index contributed by atoms with van der Waals surface area (Å²) in [5, 5.41) is 0. The highest BCUT2D eigenvalue weighted by Gasteiger charge is 2.14. The lowest BCUT2D eigenvalue weighted by Gasteiger charge is -2.00. The molecule has 0 spiro atoms. The number of hydrogen-bond donors (Lipinski definition) is 0. The summed E-state index contributed by atoms with van der Waals surface area (Å²) in [5.74, 6) is 0. The zero-order valence-electron chi connectivity index (χ0n) is 8.93. The summed E-state index contributed by atoms with van der Waals surface area (Å²) in [7, 11) is 0. The summed E-state index contributed by atoms with van der Waals surface area (Å²) < 4.78 is 0. The number of aromatic nitrogens is 2. The molecule has 1 aromatic heterocycles. The minimum Gasteiger partial charge on any atom is -0.244 e. The standard InChI is InChI=1S/C14H12N2/c1-2-4-14-12(3-1)5-6-13(14)7-11-8-15-10-16-9-11/h1-4,7-10H,5-6H2/b13-7-. The average molecular weight is 208 g/mol. The van der Waals surface area contributed by atoms with E-state index in [4.69, 9.17) is 0 Å². The second kappa shape index (κ2) is 3.89. The topological polar surface area (TPSA) is 25.8 Å². The molecule has 0 N–H and O–H groups in total. The van der Waals surface area contributed by atoms with Crippen molar-refractivity contribution in [3.63, 3.8) is 0 Å². The molecule has 1 aliphatic carbocycles. The van der Waals surface area contributed by atoms with Gasteiger partial charge in [-0.05, 0) is 35.6 Å². The van der Waals surface area contributed by atoms with Crippen molar-refractivity contribution in [1.29, 1.82) is 0 Å². The van der Waals surface area contributed by atoms with Gasteiger partial charge in [0.2, 0.25) is 0 Å². The molecule has 1 aromatic carbocycles. The Morgan fingerprint density at radius 3 is 2.69 bits per heavy atom. The molecule has 0 bridgehead atoms. The van der Waals surface area contributed by atoms with Crippen LogP contribution in [0.5, 0.6) is 0 Å². The van der Waals surface area contributed by atoms with E-state index in [1.807, 2.05) is 12.4 Å². The summed E-state index contributed by atoms with van der Waals surface area (Å²) in [6.07, 6.45) is 9.71. The van der Waals surface area contributed by atoms with Gasteiger partial charge in [0.15, 0.2) is 0 Å². The molecule has 0 unspecified atom stereocenters. The molecule has 3 rings (SSSR count). The molecule has 0 saturated heterocycles. The van der Waals surface area contributed by atoms with E-state index < -0.39 is 0 Å². The van der Waals surface area contributed by atoms with E-state index in [2.05, 4.69) is 40.3 Å². The Bertz CT molecular complexity index is 529. The maximum absolute atomic E-state index is 4.03. The molecule has 0 amide bonds. The lowest BCUT2D eigenvalue weighted by Crippen LogP contribution is -1.82. The molecule has 0 radical (unpaired) electrons. The average Bonchev–Trinajstić information content (AvgIpc) is 2.74. The van der Waals surface area contributed by atoms with Crippen LogP contribution in [-0.4, -0.2) is 9.97 Å². The number of aryl methyl sites for hydroxylation is 1. The Balaban J connectivity index is 2.02. The van der Waals surface area contributed by atoms with E-state index in [0.717, 1.165) is 18.4 Å². The summed E-state index contributed by atoms with van der Waals surface area (Å²) in [5.41, 5.74) is 5.30. The number of fused-ring (bicyclic) bond motifs is 1. The van der Waals surface area contributed by atoms with Crippen LogP contribution in [0.1, 0.15) is 23.1 Å². The zero-order valence-corrected chi connectivity index (χ0v) is 8.93. The second-order valence-corrected chi connectivity index (χ2v) is 4.00. The fourth-order valence-corrected chi connectivity index (χ4v) is 2.19. The summed E-state index contributed by atoms with van der Waals surface area (Å²) in [4.78, 5) is 8.05. The minimum absolute atomic E-state index is 1.08. The van der Waals surface area contributed by atoms with E-state index in [9.17, 15) is 0 Å². The van der Waals surface area contributed by atoms with E-state index >= 15 is 0 Å². The van der Waals surface area contributed by atoms with Gasteiger partial charge in [-0.1, -0.05) is 24.3 Å².